The van der Waals surface area contributed by atoms with Crippen molar-refractivity contribution in [2.24, 2.45) is 0 Å². The number of benzene rings is 1. The Morgan fingerprint density at radius 1 is 1.17 bits per heavy atom. The molecule has 0 amide bonds. The van der Waals surface area contributed by atoms with Crippen LogP contribution in [-0.2, 0) is 6.54 Å². The van der Waals surface area contributed by atoms with Crippen LogP contribution in [0.2, 0.25) is 0 Å². The summed E-state index contributed by atoms with van der Waals surface area (Å²) in [4.78, 5) is 2.10. The van der Waals surface area contributed by atoms with Gasteiger partial charge in [-0.15, -0.1) is 0 Å². The molecule has 0 heterocycles. The van der Waals surface area contributed by atoms with E-state index in [2.05, 4.69) is 34.5 Å². The Morgan fingerprint density at radius 2 is 1.78 bits per heavy atom. The molecule has 0 radical (unpaired) electrons. The summed E-state index contributed by atoms with van der Waals surface area (Å²) in [6.45, 7) is 1.54. The molecule has 3 heteroatoms. The molecule has 18 heavy (non-hydrogen) atoms. The highest BCUT2D eigenvalue weighted by atomic mass is 16.3. The number of nitrogens with zero attached hydrogens (tertiary/aromatic N) is 1. The van der Waals surface area contributed by atoms with Gasteiger partial charge in [0.15, 0.2) is 0 Å². The molecule has 0 bridgehead atoms. The molecule has 1 fully saturated rings. The lowest BCUT2D eigenvalue weighted by Crippen LogP contribution is -2.37. The maximum Gasteiger partial charge on any atom is 0.0771 e. The van der Waals surface area contributed by atoms with Crippen molar-refractivity contribution in [2.75, 3.05) is 25.5 Å². The van der Waals surface area contributed by atoms with Gasteiger partial charge in [-0.1, -0.05) is 25.0 Å². The van der Waals surface area contributed by atoms with E-state index in [9.17, 15) is 5.11 Å². The summed E-state index contributed by atoms with van der Waals surface area (Å²) < 4.78 is 0. The first-order valence-corrected chi connectivity index (χ1v) is 6.78. The molecule has 1 aromatic carbocycles. The Balaban J connectivity index is 1.79. The van der Waals surface area contributed by atoms with Gasteiger partial charge < -0.3 is 15.3 Å². The van der Waals surface area contributed by atoms with Crippen LogP contribution in [0.25, 0.3) is 0 Å². The summed E-state index contributed by atoms with van der Waals surface area (Å²) >= 11 is 0. The van der Waals surface area contributed by atoms with Crippen molar-refractivity contribution in [3.8, 4) is 0 Å². The summed E-state index contributed by atoms with van der Waals surface area (Å²) in [7, 11) is 4.09. The SMILES string of the molecule is CN(C)c1ccc(CNCC2(O)CCCC2)cc1. The molecule has 1 aliphatic carbocycles. The lowest BCUT2D eigenvalue weighted by Gasteiger charge is -2.22. The van der Waals surface area contributed by atoms with E-state index >= 15 is 0 Å². The minimum Gasteiger partial charge on any atom is -0.389 e. The summed E-state index contributed by atoms with van der Waals surface area (Å²) in [6, 6.07) is 8.53. The van der Waals surface area contributed by atoms with Gasteiger partial charge in [-0.05, 0) is 30.5 Å². The minimum absolute atomic E-state index is 0.455. The summed E-state index contributed by atoms with van der Waals surface area (Å²) in [5.74, 6) is 0. The number of nitrogens with one attached hydrogen (secondary N) is 1. The normalized spacial score (nSPS) is 17.9. The molecule has 2 N–H and O–H groups in total. The van der Waals surface area contributed by atoms with Crippen LogP contribution >= 0.6 is 0 Å². The zero-order valence-electron chi connectivity index (χ0n) is 11.4. The highest BCUT2D eigenvalue weighted by Crippen LogP contribution is 2.28. The zero-order valence-corrected chi connectivity index (χ0v) is 11.4. The average molecular weight is 248 g/mol. The van der Waals surface area contributed by atoms with Gasteiger partial charge >= 0.3 is 0 Å². The van der Waals surface area contributed by atoms with Crippen LogP contribution in [0.15, 0.2) is 24.3 Å². The third-order valence-electron chi connectivity index (χ3n) is 3.77. The monoisotopic (exact) mass is 248 g/mol. The molecular weight excluding hydrogens is 224 g/mol. The van der Waals surface area contributed by atoms with E-state index in [0.717, 1.165) is 32.2 Å². The van der Waals surface area contributed by atoms with E-state index in [-0.39, 0.29) is 0 Å². The fourth-order valence-electron chi connectivity index (χ4n) is 2.56. The van der Waals surface area contributed by atoms with Gasteiger partial charge in [0.1, 0.15) is 0 Å². The van der Waals surface area contributed by atoms with Crippen LogP contribution < -0.4 is 10.2 Å². The van der Waals surface area contributed by atoms with Gasteiger partial charge in [0.25, 0.3) is 0 Å². The molecule has 2 rings (SSSR count). The Kier molecular flexibility index (Phi) is 4.25. The quantitative estimate of drug-likeness (QED) is 0.838. The molecule has 0 atom stereocenters. The Labute approximate surface area is 110 Å². The van der Waals surface area contributed by atoms with Crippen molar-refractivity contribution >= 4 is 5.69 Å². The number of hydrogen-bond acceptors (Lipinski definition) is 3. The second-order valence-electron chi connectivity index (χ2n) is 5.60. The first kappa shape index (κ1) is 13.4. The van der Waals surface area contributed by atoms with E-state index in [1.165, 1.54) is 11.3 Å². The lowest BCUT2D eigenvalue weighted by atomic mass is 10.0. The molecule has 0 aromatic heterocycles. The Bertz CT molecular complexity index is 367. The predicted molar refractivity (Wildman–Crippen MR) is 75.9 cm³/mol. The lowest BCUT2D eigenvalue weighted by molar-refractivity contribution is 0.0475. The first-order chi connectivity index (χ1) is 8.59. The van der Waals surface area contributed by atoms with Crippen molar-refractivity contribution in [3.05, 3.63) is 29.8 Å². The van der Waals surface area contributed by atoms with Crippen molar-refractivity contribution in [2.45, 2.75) is 37.8 Å². The van der Waals surface area contributed by atoms with Crippen LogP contribution in [0.4, 0.5) is 5.69 Å². The number of hydrogen-bond donors (Lipinski definition) is 2. The topological polar surface area (TPSA) is 35.5 Å². The van der Waals surface area contributed by atoms with Gasteiger partial charge in [0.05, 0.1) is 5.60 Å². The molecule has 1 aromatic rings. The van der Waals surface area contributed by atoms with Crippen molar-refractivity contribution in [1.82, 2.24) is 5.32 Å². The third kappa shape index (κ3) is 3.47. The van der Waals surface area contributed by atoms with Crippen LogP contribution in [-0.4, -0.2) is 31.3 Å². The van der Waals surface area contributed by atoms with E-state index in [1.807, 2.05) is 14.1 Å². The molecular formula is C15H24N2O. The maximum absolute atomic E-state index is 10.2. The Morgan fingerprint density at radius 3 is 2.33 bits per heavy atom. The van der Waals surface area contributed by atoms with Gasteiger partial charge in [0.2, 0.25) is 0 Å². The molecule has 1 aliphatic rings. The highest BCUT2D eigenvalue weighted by molar-refractivity contribution is 5.45. The fourth-order valence-corrected chi connectivity index (χ4v) is 2.56. The molecule has 0 unspecified atom stereocenters. The van der Waals surface area contributed by atoms with E-state index in [1.54, 1.807) is 0 Å². The predicted octanol–water partition coefficient (Wildman–Crippen LogP) is 2.15. The number of rotatable bonds is 5. The molecule has 1 saturated carbocycles. The molecule has 0 saturated heterocycles. The second-order valence-corrected chi connectivity index (χ2v) is 5.60. The first-order valence-electron chi connectivity index (χ1n) is 6.78. The van der Waals surface area contributed by atoms with Crippen molar-refractivity contribution in [1.29, 1.82) is 0 Å². The van der Waals surface area contributed by atoms with Crippen LogP contribution in [0.5, 0.6) is 0 Å². The summed E-state index contributed by atoms with van der Waals surface area (Å²) in [6.07, 6.45) is 4.21. The number of anilines is 1. The second kappa shape index (κ2) is 5.72. The standard InChI is InChI=1S/C15H24N2O/c1-17(2)14-7-5-13(6-8-14)11-16-12-15(18)9-3-4-10-15/h5-8,16,18H,3-4,9-12H2,1-2H3. The van der Waals surface area contributed by atoms with Crippen LogP contribution in [0, 0.1) is 0 Å². The number of aliphatic hydroxyl groups is 1. The van der Waals surface area contributed by atoms with Crippen LogP contribution in [0.1, 0.15) is 31.2 Å². The van der Waals surface area contributed by atoms with E-state index in [0.29, 0.717) is 6.54 Å². The minimum atomic E-state index is -0.455. The summed E-state index contributed by atoms with van der Waals surface area (Å²) in [5.41, 5.74) is 2.03. The molecule has 3 nitrogen and oxygen atoms in total. The Hall–Kier alpha value is -1.06. The van der Waals surface area contributed by atoms with Crippen molar-refractivity contribution < 1.29 is 5.11 Å². The maximum atomic E-state index is 10.2. The summed E-state index contributed by atoms with van der Waals surface area (Å²) in [5, 5.41) is 13.6. The van der Waals surface area contributed by atoms with Gasteiger partial charge in [0, 0.05) is 32.9 Å². The largest absolute Gasteiger partial charge is 0.389 e. The fraction of sp³-hybridized carbons (Fsp3) is 0.600. The smallest absolute Gasteiger partial charge is 0.0771 e. The van der Waals surface area contributed by atoms with Crippen molar-refractivity contribution in [3.63, 3.8) is 0 Å². The molecule has 100 valence electrons. The molecule has 0 spiro atoms. The zero-order chi connectivity index (χ0) is 13.0. The van der Waals surface area contributed by atoms with Gasteiger partial charge in [-0.25, -0.2) is 0 Å². The molecule has 0 aliphatic heterocycles. The van der Waals surface area contributed by atoms with E-state index in [4.69, 9.17) is 0 Å². The average Bonchev–Trinajstić information content (AvgIpc) is 2.77. The third-order valence-corrected chi connectivity index (χ3v) is 3.77. The van der Waals surface area contributed by atoms with Gasteiger partial charge in [-0.2, -0.15) is 0 Å². The van der Waals surface area contributed by atoms with E-state index < -0.39 is 5.60 Å². The van der Waals surface area contributed by atoms with Gasteiger partial charge in [-0.3, -0.25) is 0 Å². The highest BCUT2D eigenvalue weighted by Gasteiger charge is 2.30. The van der Waals surface area contributed by atoms with Crippen LogP contribution in [0.3, 0.4) is 0 Å².